The predicted molar refractivity (Wildman–Crippen MR) is 109 cm³/mol. The van der Waals surface area contributed by atoms with Crippen molar-refractivity contribution in [3.63, 3.8) is 0 Å². The Hall–Kier alpha value is 0.982. The smallest absolute Gasteiger partial charge is 0.779 e. The minimum Gasteiger partial charge on any atom is -0.779 e. The second kappa shape index (κ2) is 21.2. The van der Waals surface area contributed by atoms with E-state index in [2.05, 4.69) is 13.6 Å². The van der Waals surface area contributed by atoms with E-state index in [0.29, 0.717) is 19.8 Å². The van der Waals surface area contributed by atoms with Crippen LogP contribution in [0.3, 0.4) is 0 Å². The Labute approximate surface area is 181 Å². The number of rotatable bonds is 12. The van der Waals surface area contributed by atoms with Crippen LogP contribution in [0.1, 0.15) is 59.3 Å². The van der Waals surface area contributed by atoms with Crippen molar-refractivity contribution in [3.05, 3.63) is 0 Å². The molecule has 168 valence electrons. The Morgan fingerprint density at radius 3 is 0.857 bits per heavy atom. The van der Waals surface area contributed by atoms with E-state index >= 15 is 0 Å². The van der Waals surface area contributed by atoms with E-state index in [1.54, 1.807) is 0 Å². The van der Waals surface area contributed by atoms with Crippen LogP contribution < -0.4 is 14.7 Å². The first kappa shape index (κ1) is 36.4. The molecule has 0 spiro atoms. The Morgan fingerprint density at radius 1 is 0.571 bits per heavy atom. The van der Waals surface area contributed by atoms with Crippen LogP contribution in [0.5, 0.6) is 0 Å². The minimum atomic E-state index is -3.45. The van der Waals surface area contributed by atoms with Crippen LogP contribution in [0.2, 0.25) is 0 Å². The van der Waals surface area contributed by atoms with E-state index in [9.17, 15) is 28.4 Å². The molecule has 0 heterocycles. The second-order valence-electron chi connectivity index (χ2n) is 5.87. The molecular formula is C15H36AlO9P3. The van der Waals surface area contributed by atoms with Crippen molar-refractivity contribution >= 4 is 40.1 Å². The SMILES string of the molecule is CCCCOP(C)(=O)[O-].CCCCOP(C)(=O)[O-].CCCCOP(C)(=O)[O-].[Al+3]. The molecule has 0 bridgehead atoms. The maximum atomic E-state index is 10.3. The van der Waals surface area contributed by atoms with E-state index in [4.69, 9.17) is 0 Å². The Kier molecular flexibility index (Phi) is 27.6. The molecule has 0 aromatic carbocycles. The molecule has 0 aromatic rings. The minimum absolute atomic E-state index is 0. The Morgan fingerprint density at radius 2 is 0.750 bits per heavy atom. The number of unbranched alkanes of at least 4 members (excludes halogenated alkanes) is 3. The third-order valence-electron chi connectivity index (χ3n) is 2.47. The standard InChI is InChI=1S/3C5H13O3P.Al/c3*1-3-4-5-8-9(2,6)7;/h3*3-5H2,1-2H3,(H,6,7);/q;;;+3/p-3. The zero-order chi connectivity index (χ0) is 22.0. The van der Waals surface area contributed by atoms with Crippen molar-refractivity contribution in [3.8, 4) is 0 Å². The molecule has 0 aliphatic rings. The van der Waals surface area contributed by atoms with Crippen molar-refractivity contribution in [1.82, 2.24) is 0 Å². The summed E-state index contributed by atoms with van der Waals surface area (Å²) in [5, 5.41) is 0. The third kappa shape index (κ3) is 50.6. The van der Waals surface area contributed by atoms with Gasteiger partial charge in [-0.2, -0.15) is 0 Å². The van der Waals surface area contributed by atoms with Gasteiger partial charge in [-0.3, -0.25) is 0 Å². The van der Waals surface area contributed by atoms with Crippen LogP contribution in [-0.2, 0) is 27.3 Å². The average molecular weight is 480 g/mol. The maximum absolute atomic E-state index is 10.3. The van der Waals surface area contributed by atoms with E-state index in [1.807, 2.05) is 20.8 Å². The fourth-order valence-corrected chi connectivity index (χ4v) is 2.51. The molecule has 0 saturated heterocycles. The van der Waals surface area contributed by atoms with Crippen LogP contribution in [0.15, 0.2) is 0 Å². The molecule has 0 saturated carbocycles. The summed E-state index contributed by atoms with van der Waals surface area (Å²) >= 11 is 0. The predicted octanol–water partition coefficient (Wildman–Crippen LogP) is 2.58. The van der Waals surface area contributed by atoms with Crippen molar-refractivity contribution in [2.45, 2.75) is 59.3 Å². The number of hydrogen-bond donors (Lipinski definition) is 0. The molecular weight excluding hydrogens is 444 g/mol. The van der Waals surface area contributed by atoms with Crippen LogP contribution in [-0.4, -0.2) is 57.2 Å². The van der Waals surface area contributed by atoms with Gasteiger partial charge < -0.3 is 41.9 Å². The van der Waals surface area contributed by atoms with Gasteiger partial charge >= 0.3 is 17.4 Å². The molecule has 13 heteroatoms. The van der Waals surface area contributed by atoms with Crippen molar-refractivity contribution in [2.75, 3.05) is 39.8 Å². The monoisotopic (exact) mass is 480 g/mol. The second-order valence-corrected chi connectivity index (χ2v) is 11.3. The van der Waals surface area contributed by atoms with Gasteiger partial charge in [0.05, 0.1) is 19.8 Å². The van der Waals surface area contributed by atoms with E-state index < -0.39 is 22.8 Å². The average Bonchev–Trinajstić information content (AvgIpc) is 2.46. The van der Waals surface area contributed by atoms with Gasteiger partial charge in [-0.15, -0.1) is 0 Å². The van der Waals surface area contributed by atoms with E-state index in [-0.39, 0.29) is 17.4 Å². The largest absolute Gasteiger partial charge is 3.00 e. The third-order valence-corrected chi connectivity index (χ3v) is 4.43. The molecule has 0 radical (unpaired) electrons. The first-order valence-electron chi connectivity index (χ1n) is 8.97. The zero-order valence-corrected chi connectivity index (χ0v) is 21.8. The van der Waals surface area contributed by atoms with Gasteiger partial charge in [-0.05, 0) is 19.3 Å². The fraction of sp³-hybridized carbons (Fsp3) is 1.00. The molecule has 0 fully saturated rings. The summed E-state index contributed by atoms with van der Waals surface area (Å²) < 4.78 is 44.3. The van der Waals surface area contributed by atoms with Crippen LogP contribution in [0.4, 0.5) is 0 Å². The summed E-state index contributed by atoms with van der Waals surface area (Å²) in [6.07, 6.45) is 5.29. The summed E-state index contributed by atoms with van der Waals surface area (Å²) in [5.41, 5.74) is 0. The summed E-state index contributed by atoms with van der Waals surface area (Å²) in [5.74, 6) is 0. The van der Waals surface area contributed by atoms with Gasteiger partial charge in [0.25, 0.3) is 0 Å². The quantitative estimate of drug-likeness (QED) is 0.233. The van der Waals surface area contributed by atoms with E-state index in [0.717, 1.165) is 58.5 Å². The first-order valence-corrected chi connectivity index (χ1v) is 14.9. The fourth-order valence-electron chi connectivity index (χ4n) is 1.12. The summed E-state index contributed by atoms with van der Waals surface area (Å²) in [7, 11) is -10.3. The molecule has 0 aliphatic carbocycles. The van der Waals surface area contributed by atoms with Crippen molar-refractivity contribution in [2.24, 2.45) is 0 Å². The van der Waals surface area contributed by atoms with Gasteiger partial charge in [0.15, 0.2) is 0 Å². The van der Waals surface area contributed by atoms with Gasteiger partial charge in [-0.25, -0.2) is 0 Å². The molecule has 0 aliphatic heterocycles. The maximum Gasteiger partial charge on any atom is 3.00 e. The molecule has 28 heavy (non-hydrogen) atoms. The zero-order valence-electron chi connectivity index (χ0n) is 18.0. The van der Waals surface area contributed by atoms with Crippen LogP contribution in [0.25, 0.3) is 0 Å². The Balaban J connectivity index is -0.000000152. The molecule has 3 atom stereocenters. The van der Waals surface area contributed by atoms with E-state index in [1.165, 1.54) is 0 Å². The summed E-state index contributed by atoms with van der Waals surface area (Å²) in [6.45, 7) is 10.2. The molecule has 0 rings (SSSR count). The van der Waals surface area contributed by atoms with Gasteiger partial charge in [0.1, 0.15) is 22.8 Å². The van der Waals surface area contributed by atoms with Gasteiger partial charge in [0.2, 0.25) is 0 Å². The first-order chi connectivity index (χ1) is 12.2. The molecule has 0 amide bonds. The van der Waals surface area contributed by atoms with Crippen molar-refractivity contribution < 1.29 is 41.9 Å². The summed E-state index contributed by atoms with van der Waals surface area (Å²) in [4.78, 5) is 30.9. The van der Waals surface area contributed by atoms with Gasteiger partial charge in [-0.1, -0.05) is 40.0 Å². The summed E-state index contributed by atoms with van der Waals surface area (Å²) in [6, 6.07) is 0. The molecule has 9 nitrogen and oxygen atoms in total. The van der Waals surface area contributed by atoms with Crippen LogP contribution in [0, 0.1) is 0 Å². The van der Waals surface area contributed by atoms with Crippen LogP contribution >= 0.6 is 22.8 Å². The Bertz CT molecular complexity index is 393. The molecule has 0 aromatic heterocycles. The topological polar surface area (TPSA) is 148 Å². The number of hydrogen-bond acceptors (Lipinski definition) is 9. The van der Waals surface area contributed by atoms with Crippen molar-refractivity contribution in [1.29, 1.82) is 0 Å². The van der Waals surface area contributed by atoms with Gasteiger partial charge in [0, 0.05) is 20.0 Å². The normalized spacial score (nSPS) is 16.6. The molecule has 0 N–H and O–H groups in total. The molecule has 3 unspecified atom stereocenters.